The van der Waals surface area contributed by atoms with E-state index < -0.39 is 5.97 Å². The molecule has 0 unspecified atom stereocenters. The molecule has 0 saturated heterocycles. The predicted molar refractivity (Wildman–Crippen MR) is 82.6 cm³/mol. The molecule has 1 aromatic rings. The third kappa shape index (κ3) is 7.81. The maximum Gasteiger partial charge on any atom is 0.314 e. The number of carboxylic acid groups (broad SMARTS) is 1. The van der Waals surface area contributed by atoms with E-state index in [1.54, 1.807) is 0 Å². The van der Waals surface area contributed by atoms with E-state index in [0.29, 0.717) is 6.54 Å². The van der Waals surface area contributed by atoms with Crippen molar-refractivity contribution in [3.8, 4) is 0 Å². The van der Waals surface area contributed by atoms with Crippen LogP contribution in [0.25, 0.3) is 0 Å². The molecule has 0 aromatic heterocycles. The van der Waals surface area contributed by atoms with Crippen LogP contribution in [0.15, 0.2) is 30.3 Å². The Bertz CT molecular complexity index is 437. The zero-order valence-corrected chi connectivity index (χ0v) is 12.3. The summed E-state index contributed by atoms with van der Waals surface area (Å²) in [6, 6.07) is 9.82. The summed E-state index contributed by atoms with van der Waals surface area (Å²) < 4.78 is 0. The maximum atomic E-state index is 11.3. The second-order valence-electron chi connectivity index (χ2n) is 4.79. The lowest BCUT2D eigenvalue weighted by molar-refractivity contribution is -0.136. The number of carbonyl (C=O) groups excluding carboxylic acids is 1. The maximum absolute atomic E-state index is 11.3. The van der Waals surface area contributed by atoms with E-state index in [1.807, 2.05) is 25.2 Å². The van der Waals surface area contributed by atoms with Crippen molar-refractivity contribution in [2.45, 2.75) is 19.3 Å². The van der Waals surface area contributed by atoms with Crippen molar-refractivity contribution in [1.29, 1.82) is 0 Å². The number of urea groups is 1. The second-order valence-corrected chi connectivity index (χ2v) is 4.79. The minimum absolute atomic E-state index is 0.0602. The SMILES string of the molecule is CN(CCCCNC(=O)NCCC(=O)O)c1ccccc1. The molecule has 0 fully saturated rings. The predicted octanol–water partition coefficient (Wildman–Crippen LogP) is 1.68. The Hall–Kier alpha value is -2.24. The van der Waals surface area contributed by atoms with E-state index in [2.05, 4.69) is 27.7 Å². The van der Waals surface area contributed by atoms with E-state index in [9.17, 15) is 9.59 Å². The first-order valence-corrected chi connectivity index (χ1v) is 7.09. The molecule has 6 nitrogen and oxygen atoms in total. The van der Waals surface area contributed by atoms with Gasteiger partial charge in [-0.25, -0.2) is 4.79 Å². The Morgan fingerprint density at radius 1 is 1.10 bits per heavy atom. The molecule has 2 amide bonds. The molecule has 0 bridgehead atoms. The monoisotopic (exact) mass is 293 g/mol. The topological polar surface area (TPSA) is 81.7 Å². The molecule has 21 heavy (non-hydrogen) atoms. The van der Waals surface area contributed by atoms with Crippen molar-refractivity contribution in [3.05, 3.63) is 30.3 Å². The molecule has 1 aromatic carbocycles. The van der Waals surface area contributed by atoms with Crippen LogP contribution in [0, 0.1) is 0 Å². The smallest absolute Gasteiger partial charge is 0.314 e. The first-order valence-electron chi connectivity index (χ1n) is 7.09. The summed E-state index contributed by atoms with van der Waals surface area (Å²) in [7, 11) is 2.04. The van der Waals surface area contributed by atoms with Gasteiger partial charge in [-0.05, 0) is 25.0 Å². The minimum Gasteiger partial charge on any atom is -0.481 e. The molecule has 0 heterocycles. The van der Waals surface area contributed by atoms with Crippen LogP contribution in [0.5, 0.6) is 0 Å². The first-order chi connectivity index (χ1) is 10.1. The fourth-order valence-electron chi connectivity index (χ4n) is 1.83. The van der Waals surface area contributed by atoms with E-state index in [1.165, 1.54) is 5.69 Å². The van der Waals surface area contributed by atoms with Gasteiger partial charge in [-0.1, -0.05) is 18.2 Å². The van der Waals surface area contributed by atoms with Crippen LogP contribution in [0.2, 0.25) is 0 Å². The van der Waals surface area contributed by atoms with Crippen molar-refractivity contribution in [2.75, 3.05) is 31.6 Å². The fraction of sp³-hybridized carbons (Fsp3) is 0.467. The number of nitrogens with zero attached hydrogens (tertiary/aromatic N) is 1. The highest BCUT2D eigenvalue weighted by Crippen LogP contribution is 2.11. The summed E-state index contributed by atoms with van der Waals surface area (Å²) in [6.07, 6.45) is 1.79. The average molecular weight is 293 g/mol. The number of carbonyl (C=O) groups is 2. The zero-order chi connectivity index (χ0) is 15.5. The van der Waals surface area contributed by atoms with Crippen LogP contribution in [0.4, 0.5) is 10.5 Å². The van der Waals surface area contributed by atoms with Gasteiger partial charge in [-0.15, -0.1) is 0 Å². The van der Waals surface area contributed by atoms with Gasteiger partial charge in [0, 0.05) is 32.4 Å². The third-order valence-electron chi connectivity index (χ3n) is 3.03. The third-order valence-corrected chi connectivity index (χ3v) is 3.03. The number of hydrogen-bond donors (Lipinski definition) is 3. The highest BCUT2D eigenvalue weighted by molar-refractivity contribution is 5.74. The molecule has 0 spiro atoms. The van der Waals surface area contributed by atoms with Crippen molar-refractivity contribution < 1.29 is 14.7 Å². The number of nitrogens with one attached hydrogen (secondary N) is 2. The lowest BCUT2D eigenvalue weighted by Crippen LogP contribution is -2.37. The summed E-state index contributed by atoms with van der Waals surface area (Å²) in [6.45, 7) is 1.66. The van der Waals surface area contributed by atoms with Gasteiger partial charge in [0.05, 0.1) is 6.42 Å². The van der Waals surface area contributed by atoms with Gasteiger partial charge >= 0.3 is 12.0 Å². The molecule has 0 aliphatic carbocycles. The molecule has 0 aliphatic heterocycles. The Morgan fingerprint density at radius 2 is 1.76 bits per heavy atom. The number of benzene rings is 1. The highest BCUT2D eigenvalue weighted by atomic mass is 16.4. The number of unbranched alkanes of at least 4 members (excludes halogenated alkanes) is 1. The number of anilines is 1. The summed E-state index contributed by atoms with van der Waals surface area (Å²) >= 11 is 0. The largest absolute Gasteiger partial charge is 0.481 e. The lowest BCUT2D eigenvalue weighted by atomic mass is 10.2. The summed E-state index contributed by atoms with van der Waals surface area (Å²) in [5, 5.41) is 13.6. The molecule has 0 saturated carbocycles. The standard InChI is InChI=1S/C15H23N3O3/c1-18(13-7-3-2-4-8-13)12-6-5-10-16-15(21)17-11-9-14(19)20/h2-4,7-8H,5-6,9-12H2,1H3,(H,19,20)(H2,16,17,21). The minimum atomic E-state index is -0.917. The van der Waals surface area contributed by atoms with Crippen LogP contribution in [-0.2, 0) is 4.79 Å². The van der Waals surface area contributed by atoms with Crippen molar-refractivity contribution >= 4 is 17.7 Å². The van der Waals surface area contributed by atoms with E-state index in [0.717, 1.165) is 19.4 Å². The van der Waals surface area contributed by atoms with Crippen LogP contribution in [0.3, 0.4) is 0 Å². The quantitative estimate of drug-likeness (QED) is 0.605. The number of rotatable bonds is 9. The van der Waals surface area contributed by atoms with Crippen molar-refractivity contribution in [1.82, 2.24) is 10.6 Å². The zero-order valence-electron chi connectivity index (χ0n) is 12.3. The molecule has 0 radical (unpaired) electrons. The summed E-state index contributed by atoms with van der Waals surface area (Å²) in [5.41, 5.74) is 1.18. The van der Waals surface area contributed by atoms with Crippen molar-refractivity contribution in [3.63, 3.8) is 0 Å². The molecule has 3 N–H and O–H groups in total. The van der Waals surface area contributed by atoms with Gasteiger partial charge < -0.3 is 20.6 Å². The van der Waals surface area contributed by atoms with Gasteiger partial charge in [0.1, 0.15) is 0 Å². The number of carboxylic acids is 1. The lowest BCUT2D eigenvalue weighted by Gasteiger charge is -2.19. The molecule has 0 atom stereocenters. The molecule has 116 valence electrons. The first kappa shape index (κ1) is 16.8. The number of aliphatic carboxylic acids is 1. The molecule has 6 heteroatoms. The highest BCUT2D eigenvalue weighted by Gasteiger charge is 2.02. The molecular weight excluding hydrogens is 270 g/mol. The molecule has 0 aliphatic rings. The Labute approximate surface area is 125 Å². The number of hydrogen-bond acceptors (Lipinski definition) is 3. The van der Waals surface area contributed by atoms with Gasteiger partial charge in [0.15, 0.2) is 0 Å². The second kappa shape index (κ2) is 9.63. The van der Waals surface area contributed by atoms with E-state index >= 15 is 0 Å². The average Bonchev–Trinajstić information content (AvgIpc) is 2.47. The normalized spacial score (nSPS) is 9.95. The van der Waals surface area contributed by atoms with Gasteiger partial charge in [-0.2, -0.15) is 0 Å². The van der Waals surface area contributed by atoms with Crippen LogP contribution >= 0.6 is 0 Å². The van der Waals surface area contributed by atoms with Gasteiger partial charge in [0.2, 0.25) is 0 Å². The van der Waals surface area contributed by atoms with Gasteiger partial charge in [0.25, 0.3) is 0 Å². The van der Waals surface area contributed by atoms with Gasteiger partial charge in [-0.3, -0.25) is 4.79 Å². The van der Waals surface area contributed by atoms with Crippen LogP contribution < -0.4 is 15.5 Å². The van der Waals surface area contributed by atoms with E-state index in [-0.39, 0.29) is 19.0 Å². The Kier molecular flexibility index (Phi) is 7.71. The Balaban J connectivity index is 2.04. The van der Waals surface area contributed by atoms with Crippen molar-refractivity contribution in [2.24, 2.45) is 0 Å². The van der Waals surface area contributed by atoms with Crippen LogP contribution in [0.1, 0.15) is 19.3 Å². The summed E-state index contributed by atoms with van der Waals surface area (Å²) in [5.74, 6) is -0.917. The van der Waals surface area contributed by atoms with E-state index in [4.69, 9.17) is 5.11 Å². The Morgan fingerprint density at radius 3 is 2.43 bits per heavy atom. The van der Waals surface area contributed by atoms with Crippen LogP contribution in [-0.4, -0.2) is 43.8 Å². The molecule has 1 rings (SSSR count). The number of amides is 2. The fourth-order valence-corrected chi connectivity index (χ4v) is 1.83. The number of para-hydroxylation sites is 1. The molecular formula is C15H23N3O3. The summed E-state index contributed by atoms with van der Waals surface area (Å²) in [4.78, 5) is 23.8.